The summed E-state index contributed by atoms with van der Waals surface area (Å²) in [7, 11) is 1.66. The minimum absolute atomic E-state index is 0.00545. The molecule has 8 nitrogen and oxygen atoms in total. The van der Waals surface area contributed by atoms with Crippen LogP contribution in [-0.2, 0) is 0 Å². The molecule has 2 amide bonds. The highest BCUT2D eigenvalue weighted by Crippen LogP contribution is 2.21. The molecule has 4 aromatic rings. The molecule has 0 aliphatic rings. The van der Waals surface area contributed by atoms with Crippen LogP contribution in [0, 0.1) is 6.92 Å². The van der Waals surface area contributed by atoms with Crippen molar-refractivity contribution in [3.05, 3.63) is 71.8 Å². The fourth-order valence-electron chi connectivity index (χ4n) is 3.03. The highest BCUT2D eigenvalue weighted by molar-refractivity contribution is 6.14. The molecule has 0 unspecified atom stereocenters. The van der Waals surface area contributed by atoms with E-state index < -0.39 is 5.91 Å². The molecular weight excluding hydrogens is 356 g/mol. The summed E-state index contributed by atoms with van der Waals surface area (Å²) in [4.78, 5) is 41.2. The first-order chi connectivity index (χ1) is 13.5. The molecule has 0 aliphatic heterocycles. The lowest BCUT2D eigenvalue weighted by Crippen LogP contribution is -2.29. The van der Waals surface area contributed by atoms with Crippen LogP contribution < -0.4 is 10.2 Å². The number of fused-ring (bicyclic) bond motifs is 1. The number of hydrogen-bond donors (Lipinski definition) is 3. The second kappa shape index (κ2) is 6.99. The molecule has 0 spiro atoms. The molecule has 4 rings (SSSR count). The maximum atomic E-state index is 12.9. The van der Waals surface area contributed by atoms with Gasteiger partial charge in [-0.25, -0.2) is 9.97 Å². The summed E-state index contributed by atoms with van der Waals surface area (Å²) in [6.07, 6.45) is 1.33. The second-order valence-electron chi connectivity index (χ2n) is 6.33. The summed E-state index contributed by atoms with van der Waals surface area (Å²) in [5.41, 5.74) is 3.35. The van der Waals surface area contributed by atoms with Gasteiger partial charge in [0.2, 0.25) is 5.95 Å². The molecule has 0 bridgehead atoms. The van der Waals surface area contributed by atoms with E-state index in [0.717, 1.165) is 22.3 Å². The third-order valence-corrected chi connectivity index (χ3v) is 4.47. The zero-order valence-corrected chi connectivity index (χ0v) is 15.4. The largest absolute Gasteiger partial charge is 0.340 e. The van der Waals surface area contributed by atoms with Crippen molar-refractivity contribution in [3.63, 3.8) is 0 Å². The minimum Gasteiger partial charge on any atom is -0.340 e. The number of nitrogens with one attached hydrogen (secondary N) is 3. The summed E-state index contributed by atoms with van der Waals surface area (Å²) >= 11 is 0. The van der Waals surface area contributed by atoms with Crippen molar-refractivity contribution in [3.8, 4) is 0 Å². The number of hydrogen-bond acceptors (Lipinski definition) is 4. The smallest absolute Gasteiger partial charge is 0.279 e. The lowest BCUT2D eigenvalue weighted by molar-refractivity contribution is 0.0967. The van der Waals surface area contributed by atoms with Gasteiger partial charge >= 0.3 is 0 Å². The van der Waals surface area contributed by atoms with Gasteiger partial charge in [0.1, 0.15) is 5.69 Å². The van der Waals surface area contributed by atoms with Crippen molar-refractivity contribution in [2.24, 2.45) is 0 Å². The highest BCUT2D eigenvalue weighted by Gasteiger charge is 2.25. The van der Waals surface area contributed by atoms with Crippen molar-refractivity contribution in [1.82, 2.24) is 19.9 Å². The summed E-state index contributed by atoms with van der Waals surface area (Å²) in [5.74, 6) is -0.594. The van der Waals surface area contributed by atoms with Crippen LogP contribution in [0.5, 0.6) is 0 Å². The average molecular weight is 374 g/mol. The lowest BCUT2D eigenvalue weighted by Gasteiger charge is -2.19. The Labute approximate surface area is 160 Å². The first-order valence-electron chi connectivity index (χ1n) is 8.68. The Kier molecular flexibility index (Phi) is 4.36. The third-order valence-electron chi connectivity index (χ3n) is 4.47. The van der Waals surface area contributed by atoms with Gasteiger partial charge in [-0.3, -0.25) is 14.9 Å². The Balaban J connectivity index is 1.58. The number of anilines is 2. The van der Waals surface area contributed by atoms with E-state index in [-0.39, 0.29) is 17.3 Å². The van der Waals surface area contributed by atoms with Crippen molar-refractivity contribution >= 4 is 34.5 Å². The second-order valence-corrected chi connectivity index (χ2v) is 6.33. The number of rotatable bonds is 4. The van der Waals surface area contributed by atoms with Crippen LogP contribution in [0.3, 0.4) is 0 Å². The van der Waals surface area contributed by atoms with Gasteiger partial charge in [0.15, 0.2) is 5.69 Å². The molecule has 2 aromatic carbocycles. The molecule has 0 radical (unpaired) electrons. The molecular formula is C20H18N6O2. The maximum Gasteiger partial charge on any atom is 0.279 e. The molecule has 28 heavy (non-hydrogen) atoms. The van der Waals surface area contributed by atoms with E-state index in [4.69, 9.17) is 0 Å². The zero-order chi connectivity index (χ0) is 19.7. The number of carbonyl (C=O) groups is 2. The third kappa shape index (κ3) is 3.11. The Morgan fingerprint density at radius 2 is 1.82 bits per heavy atom. The molecule has 2 heterocycles. The summed E-state index contributed by atoms with van der Waals surface area (Å²) < 4.78 is 0. The Morgan fingerprint density at radius 1 is 1.07 bits per heavy atom. The number of nitrogens with zero attached hydrogens (tertiary/aromatic N) is 3. The van der Waals surface area contributed by atoms with Gasteiger partial charge in [-0.05, 0) is 30.7 Å². The van der Waals surface area contributed by atoms with Gasteiger partial charge in [-0.15, -0.1) is 0 Å². The summed E-state index contributed by atoms with van der Waals surface area (Å²) in [6, 6.07) is 15.0. The van der Waals surface area contributed by atoms with Crippen molar-refractivity contribution in [1.29, 1.82) is 0 Å². The van der Waals surface area contributed by atoms with E-state index >= 15 is 0 Å². The lowest BCUT2D eigenvalue weighted by atomic mass is 10.1. The van der Waals surface area contributed by atoms with Crippen LogP contribution in [0.4, 0.5) is 11.6 Å². The normalized spacial score (nSPS) is 10.8. The van der Waals surface area contributed by atoms with Crippen molar-refractivity contribution in [2.45, 2.75) is 6.92 Å². The van der Waals surface area contributed by atoms with Crippen LogP contribution >= 0.6 is 0 Å². The average Bonchev–Trinajstić information content (AvgIpc) is 3.33. The van der Waals surface area contributed by atoms with Crippen LogP contribution in [0.1, 0.15) is 26.5 Å². The Hall–Kier alpha value is -3.94. The standard InChI is InChI=1S/C20H18N6O2/c1-12-7-3-6-10-15(12)26(2)19(28)17-16(21-11-22-17)18(27)25-20-23-13-8-4-5-9-14(13)24-20/h3-11H,1-2H3,(H,21,22)(H2,23,24,25,27). The highest BCUT2D eigenvalue weighted by atomic mass is 16.2. The molecule has 0 fully saturated rings. The van der Waals surface area contributed by atoms with Crippen LogP contribution in [-0.4, -0.2) is 38.8 Å². The number of aromatic nitrogens is 4. The van der Waals surface area contributed by atoms with Crippen LogP contribution in [0.25, 0.3) is 11.0 Å². The number of aryl methyl sites for hydroxylation is 1. The van der Waals surface area contributed by atoms with Gasteiger partial charge in [0, 0.05) is 12.7 Å². The van der Waals surface area contributed by atoms with Gasteiger partial charge in [0.05, 0.1) is 17.4 Å². The van der Waals surface area contributed by atoms with Gasteiger partial charge in [-0.2, -0.15) is 0 Å². The number of para-hydroxylation sites is 3. The number of imidazole rings is 2. The van der Waals surface area contributed by atoms with Gasteiger partial charge < -0.3 is 14.9 Å². The number of amides is 2. The SMILES string of the molecule is Cc1ccccc1N(C)C(=O)c1[nH]cnc1C(=O)Nc1nc2ccccc2[nH]1. The number of H-pyrrole nitrogens is 2. The van der Waals surface area contributed by atoms with E-state index in [1.54, 1.807) is 7.05 Å². The first-order valence-corrected chi connectivity index (χ1v) is 8.68. The number of carbonyl (C=O) groups excluding carboxylic acids is 2. The van der Waals surface area contributed by atoms with E-state index in [0.29, 0.717) is 5.95 Å². The fourth-order valence-corrected chi connectivity index (χ4v) is 3.03. The number of benzene rings is 2. The molecule has 0 atom stereocenters. The first kappa shape index (κ1) is 17.5. The molecule has 3 N–H and O–H groups in total. The van der Waals surface area contributed by atoms with Crippen molar-refractivity contribution < 1.29 is 9.59 Å². The van der Waals surface area contributed by atoms with Crippen LogP contribution in [0.15, 0.2) is 54.9 Å². The molecule has 8 heteroatoms. The predicted octanol–water partition coefficient (Wildman–Crippen LogP) is 3.12. The summed E-state index contributed by atoms with van der Waals surface area (Å²) in [5, 5.41) is 2.66. The van der Waals surface area contributed by atoms with E-state index in [1.165, 1.54) is 11.2 Å². The fraction of sp³-hybridized carbons (Fsp3) is 0.100. The molecule has 2 aromatic heterocycles. The molecule has 0 saturated heterocycles. The minimum atomic E-state index is -0.526. The number of aromatic amines is 2. The summed E-state index contributed by atoms with van der Waals surface area (Å²) in [6.45, 7) is 1.92. The van der Waals surface area contributed by atoms with E-state index in [1.807, 2.05) is 55.5 Å². The quantitative estimate of drug-likeness (QED) is 0.510. The van der Waals surface area contributed by atoms with Gasteiger partial charge in [-0.1, -0.05) is 30.3 Å². The zero-order valence-electron chi connectivity index (χ0n) is 15.4. The van der Waals surface area contributed by atoms with Gasteiger partial charge in [0.25, 0.3) is 11.8 Å². The predicted molar refractivity (Wildman–Crippen MR) is 107 cm³/mol. The maximum absolute atomic E-state index is 12.9. The topological polar surface area (TPSA) is 107 Å². The monoisotopic (exact) mass is 374 g/mol. The van der Waals surface area contributed by atoms with E-state index in [9.17, 15) is 9.59 Å². The Morgan fingerprint density at radius 3 is 2.61 bits per heavy atom. The molecule has 0 saturated carbocycles. The van der Waals surface area contributed by atoms with Crippen molar-refractivity contribution in [2.75, 3.05) is 17.3 Å². The molecule has 0 aliphatic carbocycles. The van der Waals surface area contributed by atoms with E-state index in [2.05, 4.69) is 25.3 Å². The van der Waals surface area contributed by atoms with Crippen LogP contribution in [0.2, 0.25) is 0 Å². The molecule has 140 valence electrons. The Bertz CT molecular complexity index is 1140.